The number of likely N-dealkylation sites (N-methyl/N-ethyl adjacent to an activating group) is 1. The second kappa shape index (κ2) is 6.52. The fourth-order valence-electron chi connectivity index (χ4n) is 2.12. The van der Waals surface area contributed by atoms with Crippen LogP contribution in [0.2, 0.25) is 0 Å². The number of rotatable bonds is 5. The minimum absolute atomic E-state index is 0.178. The number of hydrogen-bond donors (Lipinski definition) is 2. The zero-order valence-corrected chi connectivity index (χ0v) is 11.9. The average Bonchev–Trinajstić information content (AvgIpc) is 2.99. The molecule has 0 bridgehead atoms. The maximum Gasteiger partial charge on any atom is 0.244 e. The lowest BCUT2D eigenvalue weighted by Crippen LogP contribution is -2.15. The van der Waals surface area contributed by atoms with E-state index < -0.39 is 0 Å². The lowest BCUT2D eigenvalue weighted by Gasteiger charge is -2.10. The topological polar surface area (TPSA) is 57.8 Å². The number of fused-ring (bicyclic) bond motifs is 1. The molecule has 0 saturated carbocycles. The zero-order chi connectivity index (χ0) is 15.2. The predicted molar refractivity (Wildman–Crippen MR) is 86.6 cm³/mol. The van der Waals surface area contributed by atoms with Crippen molar-refractivity contribution in [3.63, 3.8) is 0 Å². The first-order valence-corrected chi connectivity index (χ1v) is 6.52. The molecule has 1 aromatic heterocycles. The summed E-state index contributed by atoms with van der Waals surface area (Å²) in [5, 5.41) is 10.5. The van der Waals surface area contributed by atoms with Gasteiger partial charge in [0.25, 0.3) is 0 Å². The molecule has 0 fully saturated rings. The third kappa shape index (κ3) is 3.00. The average molecular weight is 279 g/mol. The van der Waals surface area contributed by atoms with Gasteiger partial charge in [-0.1, -0.05) is 43.5 Å². The highest BCUT2D eigenvalue weighted by Crippen LogP contribution is 2.29. The minimum atomic E-state index is -0.178. The fraction of sp³-hybridized carbons (Fsp3) is 0.0588. The molecular weight excluding hydrogens is 262 g/mol. The Morgan fingerprint density at radius 3 is 2.86 bits per heavy atom. The highest BCUT2D eigenvalue weighted by Gasteiger charge is 2.11. The first-order chi connectivity index (χ1) is 10.2. The Morgan fingerprint density at radius 2 is 2.19 bits per heavy atom. The van der Waals surface area contributed by atoms with Crippen molar-refractivity contribution in [3.8, 4) is 0 Å². The van der Waals surface area contributed by atoms with E-state index in [4.69, 9.17) is 0 Å². The van der Waals surface area contributed by atoms with Gasteiger partial charge in [0.1, 0.15) is 0 Å². The number of nitrogens with one attached hydrogen (secondary N) is 2. The van der Waals surface area contributed by atoms with Crippen molar-refractivity contribution in [2.24, 2.45) is 0 Å². The number of aromatic amines is 1. The van der Waals surface area contributed by atoms with E-state index in [0.717, 1.165) is 27.6 Å². The van der Waals surface area contributed by atoms with Crippen LogP contribution in [0.4, 0.5) is 0 Å². The number of nitrogens with zero attached hydrogens (tertiary/aromatic N) is 1. The molecule has 0 aliphatic carbocycles. The van der Waals surface area contributed by atoms with Crippen LogP contribution in [0.1, 0.15) is 5.56 Å². The Balaban J connectivity index is 2.70. The van der Waals surface area contributed by atoms with E-state index in [2.05, 4.69) is 28.7 Å². The highest BCUT2D eigenvalue weighted by molar-refractivity contribution is 6.04. The van der Waals surface area contributed by atoms with E-state index in [1.807, 2.05) is 24.3 Å². The van der Waals surface area contributed by atoms with E-state index in [-0.39, 0.29) is 5.91 Å². The van der Waals surface area contributed by atoms with Crippen LogP contribution in [0, 0.1) is 0 Å². The van der Waals surface area contributed by atoms with Gasteiger partial charge >= 0.3 is 0 Å². The maximum atomic E-state index is 11.8. The van der Waals surface area contributed by atoms with Crippen LogP contribution in [0.5, 0.6) is 0 Å². The summed E-state index contributed by atoms with van der Waals surface area (Å²) < 4.78 is 0. The number of carbonyl (C=O) groups excluding carboxylic acids is 1. The normalized spacial score (nSPS) is 12.2. The van der Waals surface area contributed by atoms with Crippen LogP contribution in [0.3, 0.4) is 0 Å². The first kappa shape index (κ1) is 14.5. The van der Waals surface area contributed by atoms with Gasteiger partial charge in [0.05, 0.1) is 11.7 Å². The molecule has 2 rings (SSSR count). The summed E-state index contributed by atoms with van der Waals surface area (Å²) in [6.45, 7) is 7.52. The third-order valence-corrected chi connectivity index (χ3v) is 3.13. The molecule has 21 heavy (non-hydrogen) atoms. The summed E-state index contributed by atoms with van der Waals surface area (Å²) in [6, 6.07) is 5.81. The first-order valence-electron chi connectivity index (χ1n) is 6.52. The molecule has 106 valence electrons. The van der Waals surface area contributed by atoms with Gasteiger partial charge < -0.3 is 5.32 Å². The Bertz CT molecular complexity index is 750. The Labute approximate surface area is 123 Å². The summed E-state index contributed by atoms with van der Waals surface area (Å²) >= 11 is 0. The number of carbonyl (C=O) groups is 1. The van der Waals surface area contributed by atoms with Crippen LogP contribution in [0.25, 0.3) is 16.5 Å². The Morgan fingerprint density at radius 1 is 1.38 bits per heavy atom. The Hall–Kier alpha value is -2.88. The van der Waals surface area contributed by atoms with Gasteiger partial charge in [0.2, 0.25) is 5.91 Å². The number of aromatic nitrogens is 2. The summed E-state index contributed by atoms with van der Waals surface area (Å²) in [7, 11) is 1.60. The van der Waals surface area contributed by atoms with Crippen LogP contribution in [0.15, 0.2) is 67.4 Å². The van der Waals surface area contributed by atoms with Crippen molar-refractivity contribution in [1.82, 2.24) is 15.5 Å². The maximum absolute atomic E-state index is 11.8. The number of allylic oxidation sites excluding steroid dienone is 5. The second-order valence-corrected chi connectivity index (χ2v) is 4.37. The third-order valence-electron chi connectivity index (χ3n) is 3.13. The second-order valence-electron chi connectivity index (χ2n) is 4.37. The molecule has 1 heterocycles. The molecule has 2 aromatic rings. The van der Waals surface area contributed by atoms with E-state index in [1.54, 1.807) is 31.5 Å². The smallest absolute Gasteiger partial charge is 0.244 e. The van der Waals surface area contributed by atoms with E-state index >= 15 is 0 Å². The lowest BCUT2D eigenvalue weighted by molar-refractivity contribution is -0.116. The molecule has 1 aromatic carbocycles. The molecule has 0 aliphatic heterocycles. The summed E-state index contributed by atoms with van der Waals surface area (Å²) in [6.07, 6.45) is 8.50. The summed E-state index contributed by atoms with van der Waals surface area (Å²) in [5.41, 5.74) is 3.42. The van der Waals surface area contributed by atoms with Crippen molar-refractivity contribution in [1.29, 1.82) is 0 Å². The predicted octanol–water partition coefficient (Wildman–Crippen LogP) is 2.99. The van der Waals surface area contributed by atoms with E-state index in [0.29, 0.717) is 0 Å². The number of H-pyrrole nitrogens is 1. The van der Waals surface area contributed by atoms with Gasteiger partial charge in [-0.15, -0.1) is 0 Å². The fourth-order valence-corrected chi connectivity index (χ4v) is 2.12. The van der Waals surface area contributed by atoms with Gasteiger partial charge in [-0.3, -0.25) is 9.89 Å². The molecule has 0 aliphatic rings. The monoisotopic (exact) mass is 279 g/mol. The largest absolute Gasteiger partial charge is 0.356 e. The molecule has 2 N–H and O–H groups in total. The van der Waals surface area contributed by atoms with Crippen LogP contribution < -0.4 is 5.32 Å². The molecule has 0 spiro atoms. The van der Waals surface area contributed by atoms with Crippen LogP contribution in [-0.4, -0.2) is 23.2 Å². The number of amides is 1. The molecular formula is C17H17N3O. The summed E-state index contributed by atoms with van der Waals surface area (Å²) in [4.78, 5) is 11.8. The molecule has 0 atom stereocenters. The quantitative estimate of drug-likeness (QED) is 0.653. The zero-order valence-electron chi connectivity index (χ0n) is 11.9. The van der Waals surface area contributed by atoms with Crippen LogP contribution in [-0.2, 0) is 4.79 Å². The molecule has 4 heteroatoms. The van der Waals surface area contributed by atoms with E-state index in [9.17, 15) is 4.79 Å². The van der Waals surface area contributed by atoms with Crippen molar-refractivity contribution in [2.75, 3.05) is 7.05 Å². The Kier molecular flexibility index (Phi) is 4.51. The molecule has 0 unspecified atom stereocenters. The number of benzene rings is 1. The van der Waals surface area contributed by atoms with Crippen LogP contribution >= 0.6 is 0 Å². The highest BCUT2D eigenvalue weighted by atomic mass is 16.1. The molecule has 0 radical (unpaired) electrons. The van der Waals surface area contributed by atoms with Gasteiger partial charge in [-0.25, -0.2) is 0 Å². The minimum Gasteiger partial charge on any atom is -0.356 e. The van der Waals surface area contributed by atoms with Crippen molar-refractivity contribution >= 4 is 22.4 Å². The van der Waals surface area contributed by atoms with Gasteiger partial charge in [-0.2, -0.15) is 5.10 Å². The summed E-state index contributed by atoms with van der Waals surface area (Å²) in [5.74, 6) is -0.178. The molecule has 0 saturated heterocycles. The number of hydrogen-bond acceptors (Lipinski definition) is 2. The van der Waals surface area contributed by atoms with Crippen molar-refractivity contribution < 1.29 is 4.79 Å². The molecule has 1 amide bonds. The van der Waals surface area contributed by atoms with Gasteiger partial charge in [0, 0.05) is 18.5 Å². The van der Waals surface area contributed by atoms with E-state index in [1.165, 1.54) is 0 Å². The SMILES string of the molecule is C=C/C=C(C=C)/C(=C\C(=O)NC)c1cccc2[nH]ncc12. The lowest BCUT2D eigenvalue weighted by atomic mass is 9.94. The van der Waals surface area contributed by atoms with Crippen molar-refractivity contribution in [3.05, 3.63) is 73.0 Å². The standard InChI is InChI=1S/C17H17N3O/c1-4-7-12(5-2)14(10-17(21)18-3)13-8-6-9-16-15(13)11-19-20-16/h4-11H,1-2H2,3H3,(H,18,21)(H,19,20)/b12-7+,14-10+. The van der Waals surface area contributed by atoms with Crippen molar-refractivity contribution in [2.45, 2.75) is 0 Å². The van der Waals surface area contributed by atoms with Gasteiger partial charge in [-0.05, 0) is 22.8 Å². The van der Waals surface area contributed by atoms with Gasteiger partial charge in [0.15, 0.2) is 0 Å². The molecule has 4 nitrogen and oxygen atoms in total.